The molecule has 0 fully saturated rings. The highest BCUT2D eigenvalue weighted by Gasteiger charge is 2.18. The van der Waals surface area contributed by atoms with Crippen LogP contribution in [0.2, 0.25) is 0 Å². The van der Waals surface area contributed by atoms with E-state index in [9.17, 15) is 4.79 Å². The molecule has 1 unspecified atom stereocenters. The molecule has 0 aliphatic carbocycles. The van der Waals surface area contributed by atoms with Gasteiger partial charge in [-0.25, -0.2) is 9.78 Å². The van der Waals surface area contributed by atoms with Gasteiger partial charge in [0.05, 0.1) is 17.1 Å². The van der Waals surface area contributed by atoms with Gasteiger partial charge in [0, 0.05) is 12.7 Å². The quantitative estimate of drug-likeness (QED) is 0.580. The van der Waals surface area contributed by atoms with Gasteiger partial charge in [-0.3, -0.25) is 9.88 Å². The molecular weight excluding hydrogens is 360 g/mol. The Kier molecular flexibility index (Phi) is 4.55. The zero-order chi connectivity index (χ0) is 18.8. The normalized spacial score (nSPS) is 12.1. The van der Waals surface area contributed by atoms with Gasteiger partial charge in [-0.2, -0.15) is 0 Å². The number of rotatable bonds is 4. The molecule has 2 amide bonds. The summed E-state index contributed by atoms with van der Waals surface area (Å²) in [4.78, 5) is 18.4. The van der Waals surface area contributed by atoms with Crippen molar-refractivity contribution in [2.45, 2.75) is 13.0 Å². The Morgan fingerprint density at radius 1 is 1.19 bits per heavy atom. The number of nitrogens with one attached hydrogen (secondary N) is 1. The summed E-state index contributed by atoms with van der Waals surface area (Å²) < 4.78 is 2.05. The predicted octanol–water partition coefficient (Wildman–Crippen LogP) is 4.10. The number of para-hydroxylation sites is 2. The fourth-order valence-corrected chi connectivity index (χ4v) is 3.32. The topological polar surface area (TPSA) is 75.9 Å². The highest BCUT2D eigenvalue weighted by molar-refractivity contribution is 7.13. The van der Waals surface area contributed by atoms with Gasteiger partial charge in [-0.1, -0.05) is 35.6 Å². The third-order valence-corrected chi connectivity index (χ3v) is 5.19. The van der Waals surface area contributed by atoms with Crippen molar-refractivity contribution in [2.24, 2.45) is 0 Å². The number of amides is 2. The van der Waals surface area contributed by atoms with Crippen molar-refractivity contribution in [1.29, 1.82) is 0 Å². The minimum absolute atomic E-state index is 0.0912. The monoisotopic (exact) mass is 378 g/mol. The molecular formula is C19H18N6OS. The number of carbonyl (C=O) groups is 1. The van der Waals surface area contributed by atoms with E-state index < -0.39 is 0 Å². The summed E-state index contributed by atoms with van der Waals surface area (Å²) >= 11 is 1.29. The maximum Gasteiger partial charge on any atom is 0.323 e. The van der Waals surface area contributed by atoms with Gasteiger partial charge >= 0.3 is 6.03 Å². The van der Waals surface area contributed by atoms with E-state index in [-0.39, 0.29) is 12.1 Å². The Labute approximate surface area is 160 Å². The van der Waals surface area contributed by atoms with Gasteiger partial charge < -0.3 is 4.90 Å². The van der Waals surface area contributed by atoms with Gasteiger partial charge in [0.2, 0.25) is 5.13 Å². The van der Waals surface area contributed by atoms with Gasteiger partial charge in [0.1, 0.15) is 11.8 Å². The summed E-state index contributed by atoms with van der Waals surface area (Å²) in [6, 6.07) is 15.9. The number of carbonyl (C=O) groups excluding carboxylic acids is 1. The van der Waals surface area contributed by atoms with Crippen molar-refractivity contribution < 1.29 is 4.79 Å². The molecule has 1 atom stereocenters. The third-order valence-electron chi connectivity index (χ3n) is 4.58. The maximum absolute atomic E-state index is 12.4. The second kappa shape index (κ2) is 7.16. The van der Waals surface area contributed by atoms with E-state index in [1.165, 1.54) is 11.3 Å². The number of nitrogens with zero attached hydrogens (tertiary/aromatic N) is 5. The van der Waals surface area contributed by atoms with E-state index in [1.54, 1.807) is 17.5 Å². The molecule has 0 radical (unpaired) electrons. The molecule has 27 heavy (non-hydrogen) atoms. The third kappa shape index (κ3) is 3.39. The van der Waals surface area contributed by atoms with Crippen LogP contribution in [0.25, 0.3) is 16.7 Å². The molecule has 0 spiro atoms. The van der Waals surface area contributed by atoms with Crippen LogP contribution in [0.4, 0.5) is 9.93 Å². The summed E-state index contributed by atoms with van der Waals surface area (Å²) in [6.07, 6.45) is 1.82. The Morgan fingerprint density at radius 2 is 1.96 bits per heavy atom. The number of aromatic nitrogens is 4. The van der Waals surface area contributed by atoms with Crippen LogP contribution in [0.15, 0.2) is 60.4 Å². The summed E-state index contributed by atoms with van der Waals surface area (Å²) in [5.74, 6) is 0. The first-order chi connectivity index (χ1) is 13.1. The Bertz CT molecular complexity index is 1060. The van der Waals surface area contributed by atoms with E-state index in [0.717, 1.165) is 22.3 Å². The average molecular weight is 378 g/mol. The molecule has 0 aliphatic rings. The fourth-order valence-electron chi connectivity index (χ4n) is 2.89. The average Bonchev–Trinajstić information content (AvgIpc) is 3.36. The highest BCUT2D eigenvalue weighted by atomic mass is 32.1. The molecule has 0 aliphatic heterocycles. The molecule has 0 bridgehead atoms. The van der Waals surface area contributed by atoms with E-state index in [2.05, 4.69) is 25.1 Å². The standard InChI is InChI=1S/C19H18N6OS/c1-13(24(2)19(26)22-18-23-21-12-27-18)14-7-9-15(10-8-14)25-11-20-16-5-3-4-6-17(16)25/h3-13H,1-2H3,(H,22,23,26). The van der Waals surface area contributed by atoms with Gasteiger partial charge in [-0.05, 0) is 36.8 Å². The van der Waals surface area contributed by atoms with E-state index in [1.807, 2.05) is 61.8 Å². The minimum Gasteiger partial charge on any atom is -0.321 e. The van der Waals surface area contributed by atoms with Gasteiger partial charge in [0.25, 0.3) is 0 Å². The van der Waals surface area contributed by atoms with Crippen molar-refractivity contribution in [2.75, 3.05) is 12.4 Å². The number of benzene rings is 2. The van der Waals surface area contributed by atoms with Crippen LogP contribution >= 0.6 is 11.3 Å². The lowest BCUT2D eigenvalue weighted by molar-refractivity contribution is 0.208. The molecule has 2 aromatic carbocycles. The van der Waals surface area contributed by atoms with Crippen molar-refractivity contribution in [3.05, 3.63) is 65.9 Å². The largest absolute Gasteiger partial charge is 0.323 e. The number of fused-ring (bicyclic) bond motifs is 1. The summed E-state index contributed by atoms with van der Waals surface area (Å²) in [5.41, 5.74) is 5.67. The zero-order valence-corrected chi connectivity index (χ0v) is 15.7. The van der Waals surface area contributed by atoms with Crippen LogP contribution in [-0.4, -0.2) is 37.7 Å². The van der Waals surface area contributed by atoms with Crippen LogP contribution in [0.1, 0.15) is 18.5 Å². The number of imidazole rings is 1. The first kappa shape index (κ1) is 17.2. The molecule has 7 nitrogen and oxygen atoms in total. The van der Waals surface area contributed by atoms with Crippen LogP contribution in [0.3, 0.4) is 0 Å². The van der Waals surface area contributed by atoms with Gasteiger partial charge in [-0.15, -0.1) is 10.2 Å². The van der Waals surface area contributed by atoms with Crippen molar-refractivity contribution in [3.8, 4) is 5.69 Å². The van der Waals surface area contributed by atoms with E-state index in [4.69, 9.17) is 0 Å². The maximum atomic E-state index is 12.4. The SMILES string of the molecule is CC(c1ccc(-n2cnc3ccccc32)cc1)N(C)C(=O)Nc1nncs1. The van der Waals surface area contributed by atoms with Crippen LogP contribution in [0, 0.1) is 0 Å². The van der Waals surface area contributed by atoms with E-state index in [0.29, 0.717) is 5.13 Å². The molecule has 1 N–H and O–H groups in total. The lowest BCUT2D eigenvalue weighted by Gasteiger charge is -2.25. The van der Waals surface area contributed by atoms with Crippen molar-refractivity contribution in [1.82, 2.24) is 24.6 Å². The lowest BCUT2D eigenvalue weighted by Crippen LogP contribution is -2.33. The van der Waals surface area contributed by atoms with Crippen LogP contribution in [0.5, 0.6) is 0 Å². The highest BCUT2D eigenvalue weighted by Crippen LogP contribution is 2.23. The first-order valence-electron chi connectivity index (χ1n) is 8.46. The molecule has 0 saturated carbocycles. The second-order valence-corrected chi connectivity index (χ2v) is 6.99. The molecule has 4 aromatic rings. The van der Waals surface area contributed by atoms with Crippen LogP contribution < -0.4 is 5.32 Å². The summed E-state index contributed by atoms with van der Waals surface area (Å²) in [5, 5.41) is 10.8. The molecule has 8 heteroatoms. The summed E-state index contributed by atoms with van der Waals surface area (Å²) in [6.45, 7) is 1.99. The Hall–Kier alpha value is -3.26. The number of urea groups is 1. The fraction of sp³-hybridized carbons (Fsp3) is 0.158. The van der Waals surface area contributed by atoms with Crippen molar-refractivity contribution in [3.63, 3.8) is 0 Å². The predicted molar refractivity (Wildman–Crippen MR) is 106 cm³/mol. The Morgan fingerprint density at radius 3 is 2.70 bits per heavy atom. The first-order valence-corrected chi connectivity index (χ1v) is 9.34. The number of anilines is 1. The Balaban J connectivity index is 1.52. The smallest absolute Gasteiger partial charge is 0.321 e. The second-order valence-electron chi connectivity index (χ2n) is 6.16. The molecule has 0 saturated heterocycles. The number of hydrogen-bond donors (Lipinski definition) is 1. The zero-order valence-electron chi connectivity index (χ0n) is 14.9. The minimum atomic E-state index is -0.219. The summed E-state index contributed by atoms with van der Waals surface area (Å²) in [7, 11) is 1.76. The molecule has 4 rings (SSSR count). The molecule has 136 valence electrons. The lowest BCUT2D eigenvalue weighted by atomic mass is 10.1. The molecule has 2 heterocycles. The van der Waals surface area contributed by atoms with Crippen LogP contribution in [-0.2, 0) is 0 Å². The van der Waals surface area contributed by atoms with Gasteiger partial charge in [0.15, 0.2) is 0 Å². The van der Waals surface area contributed by atoms with E-state index >= 15 is 0 Å². The van der Waals surface area contributed by atoms with Crippen molar-refractivity contribution >= 4 is 33.5 Å². The number of hydrogen-bond acceptors (Lipinski definition) is 5. The molecule has 2 aromatic heterocycles.